The van der Waals surface area contributed by atoms with Crippen LogP contribution in [0.5, 0.6) is 0 Å². The lowest BCUT2D eigenvalue weighted by molar-refractivity contribution is 0.457. The second kappa shape index (κ2) is 4.82. The molecule has 0 aliphatic heterocycles. The van der Waals surface area contributed by atoms with Gasteiger partial charge in [-0.05, 0) is 23.7 Å². The van der Waals surface area contributed by atoms with E-state index in [-0.39, 0.29) is 0 Å². The fourth-order valence-corrected chi connectivity index (χ4v) is 2.93. The van der Waals surface area contributed by atoms with E-state index < -0.39 is 0 Å². The van der Waals surface area contributed by atoms with Crippen molar-refractivity contribution in [2.45, 2.75) is 34.6 Å². The van der Waals surface area contributed by atoms with Gasteiger partial charge in [-0.1, -0.05) is 39.3 Å². The van der Waals surface area contributed by atoms with Gasteiger partial charge in [0.2, 0.25) is 5.95 Å². The number of hydrogen-bond donors (Lipinski definition) is 2. The van der Waals surface area contributed by atoms with E-state index in [1.807, 2.05) is 6.92 Å². The summed E-state index contributed by atoms with van der Waals surface area (Å²) in [7, 11) is 0. The lowest BCUT2D eigenvalue weighted by Crippen LogP contribution is -2.11. The first-order valence-corrected chi connectivity index (χ1v) is 7.18. The van der Waals surface area contributed by atoms with Crippen LogP contribution in [0.25, 0.3) is 0 Å². The van der Waals surface area contributed by atoms with Crippen molar-refractivity contribution in [1.29, 1.82) is 0 Å². The van der Waals surface area contributed by atoms with Gasteiger partial charge in [-0.2, -0.15) is 4.98 Å². The summed E-state index contributed by atoms with van der Waals surface area (Å²) in [6, 6.07) is 0. The van der Waals surface area contributed by atoms with Crippen molar-refractivity contribution in [1.82, 2.24) is 9.97 Å². The van der Waals surface area contributed by atoms with E-state index in [1.54, 1.807) is 6.20 Å². The van der Waals surface area contributed by atoms with E-state index in [2.05, 4.69) is 48.3 Å². The van der Waals surface area contributed by atoms with Crippen molar-refractivity contribution in [3.63, 3.8) is 0 Å². The summed E-state index contributed by atoms with van der Waals surface area (Å²) in [5.41, 5.74) is 0.730. The Labute approximate surface area is 120 Å². The molecular weight excluding hydrogens is 260 g/mol. The Morgan fingerprint density at radius 3 is 2.37 bits per heavy atom. The van der Waals surface area contributed by atoms with Crippen molar-refractivity contribution in [3.8, 4) is 0 Å². The maximum Gasteiger partial charge on any atom is 0.224 e. The molecule has 2 rings (SSSR count). The largest absolute Gasteiger partial charge is 0.368 e. The maximum atomic E-state index is 6.13. The number of halogens is 1. The highest BCUT2D eigenvalue weighted by atomic mass is 35.5. The van der Waals surface area contributed by atoms with Crippen molar-refractivity contribution < 1.29 is 0 Å². The standard InChI is InChI=1S/C14H23ClN4/c1-6-16-12-18-7-9(15)11(19-12)17-8-10-13(2,3)14(10,4)5/h7,10H,6,8H2,1-5H3,(H2,16,17,18,19). The summed E-state index contributed by atoms with van der Waals surface area (Å²) >= 11 is 6.13. The first kappa shape index (κ1) is 14.4. The number of rotatable bonds is 5. The molecule has 1 fully saturated rings. The Balaban J connectivity index is 2.02. The molecule has 1 saturated carbocycles. The fraction of sp³-hybridized carbons (Fsp3) is 0.714. The molecule has 0 radical (unpaired) electrons. The third-order valence-corrected chi connectivity index (χ3v) is 5.15. The van der Waals surface area contributed by atoms with E-state index >= 15 is 0 Å². The van der Waals surface area contributed by atoms with E-state index in [9.17, 15) is 0 Å². The molecular formula is C14H23ClN4. The first-order valence-electron chi connectivity index (χ1n) is 6.81. The van der Waals surface area contributed by atoms with Gasteiger partial charge in [0, 0.05) is 13.1 Å². The van der Waals surface area contributed by atoms with Crippen LogP contribution in [0.1, 0.15) is 34.6 Å². The summed E-state index contributed by atoms with van der Waals surface area (Å²) in [6.07, 6.45) is 1.64. The number of aromatic nitrogens is 2. The molecule has 0 unspecified atom stereocenters. The molecule has 0 spiro atoms. The van der Waals surface area contributed by atoms with Crippen molar-refractivity contribution in [2.24, 2.45) is 16.7 Å². The van der Waals surface area contributed by atoms with Crippen LogP contribution in [0.4, 0.5) is 11.8 Å². The van der Waals surface area contributed by atoms with Gasteiger partial charge in [0.1, 0.15) is 10.8 Å². The zero-order chi connectivity index (χ0) is 14.3. The van der Waals surface area contributed by atoms with Gasteiger partial charge in [0.25, 0.3) is 0 Å². The molecule has 0 amide bonds. The Kier molecular flexibility index (Phi) is 3.65. The number of anilines is 2. The highest BCUT2D eigenvalue weighted by Gasteiger charge is 2.64. The molecule has 0 atom stereocenters. The minimum Gasteiger partial charge on any atom is -0.368 e. The van der Waals surface area contributed by atoms with E-state index in [1.165, 1.54) is 0 Å². The van der Waals surface area contributed by atoms with Gasteiger partial charge >= 0.3 is 0 Å². The van der Waals surface area contributed by atoms with Gasteiger partial charge in [-0.15, -0.1) is 0 Å². The van der Waals surface area contributed by atoms with Crippen molar-refractivity contribution >= 4 is 23.4 Å². The van der Waals surface area contributed by atoms with Crippen LogP contribution in [0.2, 0.25) is 5.02 Å². The Morgan fingerprint density at radius 1 is 1.21 bits per heavy atom. The van der Waals surface area contributed by atoms with Gasteiger partial charge in [-0.3, -0.25) is 0 Å². The molecule has 4 nitrogen and oxygen atoms in total. The monoisotopic (exact) mass is 282 g/mol. The molecule has 1 aromatic heterocycles. The summed E-state index contributed by atoms with van der Waals surface area (Å²) in [5, 5.41) is 7.02. The molecule has 1 aliphatic rings. The first-order chi connectivity index (χ1) is 8.80. The lowest BCUT2D eigenvalue weighted by atomic mass is 10.0. The second-order valence-corrected chi connectivity index (χ2v) is 6.70. The average Bonchev–Trinajstić information content (AvgIpc) is 2.71. The third kappa shape index (κ3) is 2.50. The normalized spacial score (nSPS) is 20.1. The van der Waals surface area contributed by atoms with E-state index in [0.29, 0.717) is 33.5 Å². The Bertz CT molecular complexity index is 457. The summed E-state index contributed by atoms with van der Waals surface area (Å²) in [6.45, 7) is 12.9. The third-order valence-electron chi connectivity index (χ3n) is 4.87. The fourth-order valence-electron chi connectivity index (χ4n) is 2.78. The van der Waals surface area contributed by atoms with Crippen LogP contribution >= 0.6 is 11.6 Å². The molecule has 1 aliphatic carbocycles. The van der Waals surface area contributed by atoms with Gasteiger partial charge in [0.05, 0.1) is 6.20 Å². The predicted octanol–water partition coefficient (Wildman–Crippen LogP) is 3.66. The highest BCUT2D eigenvalue weighted by Crippen LogP contribution is 2.68. The average molecular weight is 283 g/mol. The van der Waals surface area contributed by atoms with Gasteiger partial charge < -0.3 is 10.6 Å². The molecule has 1 heterocycles. The molecule has 2 N–H and O–H groups in total. The SMILES string of the molecule is CCNc1ncc(Cl)c(NCC2C(C)(C)C2(C)C)n1. The van der Waals surface area contributed by atoms with Gasteiger partial charge in [0.15, 0.2) is 0 Å². The maximum absolute atomic E-state index is 6.13. The van der Waals surface area contributed by atoms with Crippen LogP contribution in [0.15, 0.2) is 6.20 Å². The molecule has 0 saturated heterocycles. The Hall–Kier alpha value is -1.03. The van der Waals surface area contributed by atoms with Crippen LogP contribution < -0.4 is 10.6 Å². The minimum atomic E-state index is 0.365. The molecule has 0 bridgehead atoms. The second-order valence-electron chi connectivity index (χ2n) is 6.30. The number of hydrogen-bond acceptors (Lipinski definition) is 4. The van der Waals surface area contributed by atoms with Crippen LogP contribution in [-0.4, -0.2) is 23.1 Å². The zero-order valence-corrected chi connectivity index (χ0v) is 13.1. The number of nitrogens with one attached hydrogen (secondary N) is 2. The highest BCUT2D eigenvalue weighted by molar-refractivity contribution is 6.32. The van der Waals surface area contributed by atoms with Crippen molar-refractivity contribution in [2.75, 3.05) is 23.7 Å². The van der Waals surface area contributed by atoms with Crippen LogP contribution in [-0.2, 0) is 0 Å². The molecule has 106 valence electrons. The quantitative estimate of drug-likeness (QED) is 0.865. The minimum absolute atomic E-state index is 0.365. The van der Waals surface area contributed by atoms with Crippen LogP contribution in [0.3, 0.4) is 0 Å². The topological polar surface area (TPSA) is 49.8 Å². The summed E-state index contributed by atoms with van der Waals surface area (Å²) in [5.74, 6) is 1.96. The predicted molar refractivity (Wildman–Crippen MR) is 80.7 cm³/mol. The molecule has 0 aromatic carbocycles. The zero-order valence-electron chi connectivity index (χ0n) is 12.3. The van der Waals surface area contributed by atoms with Crippen LogP contribution in [0, 0.1) is 16.7 Å². The smallest absolute Gasteiger partial charge is 0.224 e. The van der Waals surface area contributed by atoms with E-state index in [0.717, 1.165) is 13.1 Å². The molecule has 1 aromatic rings. The number of nitrogens with zero attached hydrogens (tertiary/aromatic N) is 2. The van der Waals surface area contributed by atoms with E-state index in [4.69, 9.17) is 11.6 Å². The Morgan fingerprint density at radius 2 is 1.84 bits per heavy atom. The summed E-state index contributed by atoms with van der Waals surface area (Å²) in [4.78, 5) is 8.53. The lowest BCUT2D eigenvalue weighted by Gasteiger charge is -2.10. The van der Waals surface area contributed by atoms with Gasteiger partial charge in [-0.25, -0.2) is 4.98 Å². The van der Waals surface area contributed by atoms with Crippen molar-refractivity contribution in [3.05, 3.63) is 11.2 Å². The molecule has 5 heteroatoms. The summed E-state index contributed by atoms with van der Waals surface area (Å²) < 4.78 is 0. The molecule has 19 heavy (non-hydrogen) atoms.